The fraction of sp³-hybridized carbons (Fsp3) is 0.200. The van der Waals surface area contributed by atoms with Crippen molar-refractivity contribution in [2.45, 2.75) is 6.18 Å². The molecule has 0 saturated carbocycles. The summed E-state index contributed by atoms with van der Waals surface area (Å²) in [6, 6.07) is 0. The van der Waals surface area contributed by atoms with Gasteiger partial charge in [-0.25, -0.2) is 9.97 Å². The largest absolute Gasteiger partial charge is 0.419 e. The predicted octanol–water partition coefficient (Wildman–Crippen LogP) is 1.66. The number of alkyl halides is 3. The van der Waals surface area contributed by atoms with Crippen LogP contribution in [0.4, 0.5) is 13.2 Å². The molecule has 0 aliphatic carbocycles. The Morgan fingerprint density at radius 3 is 1.82 bits per heavy atom. The minimum atomic E-state index is -4.33. The van der Waals surface area contributed by atoms with Crippen LogP contribution in [0.3, 0.4) is 0 Å². The molecule has 0 amide bonds. The van der Waals surface area contributed by atoms with Gasteiger partial charge in [0.25, 0.3) is 0 Å². The van der Waals surface area contributed by atoms with E-state index in [2.05, 4.69) is 9.97 Å². The van der Waals surface area contributed by atoms with Crippen LogP contribution < -0.4 is 6.15 Å². The standard InChI is InChI=1S/C5H3F3N2.H3N/c6-5(7,8)4-1-9-3-10-2-4;/h1-3H;1H3. The Hall–Kier alpha value is -1.17. The number of halogens is 3. The van der Waals surface area contributed by atoms with E-state index in [0.717, 1.165) is 18.7 Å². The smallest absolute Gasteiger partial charge is 0.344 e. The average Bonchev–Trinajstić information content (AvgIpc) is 1.88. The highest BCUT2D eigenvalue weighted by molar-refractivity contribution is 5.06. The monoisotopic (exact) mass is 165 g/mol. The minimum absolute atomic E-state index is 0. The van der Waals surface area contributed by atoms with E-state index in [9.17, 15) is 13.2 Å². The third kappa shape index (κ3) is 2.50. The summed E-state index contributed by atoms with van der Waals surface area (Å²) < 4.78 is 35.1. The molecule has 62 valence electrons. The van der Waals surface area contributed by atoms with Crippen molar-refractivity contribution < 1.29 is 13.2 Å². The van der Waals surface area contributed by atoms with Crippen LogP contribution >= 0.6 is 0 Å². The maximum absolute atomic E-state index is 11.7. The Balaban J connectivity index is 0.000001000. The van der Waals surface area contributed by atoms with Gasteiger partial charge >= 0.3 is 6.18 Å². The van der Waals surface area contributed by atoms with Gasteiger partial charge in [-0.3, -0.25) is 0 Å². The maximum atomic E-state index is 11.7. The molecule has 1 aromatic heterocycles. The van der Waals surface area contributed by atoms with E-state index in [1.165, 1.54) is 0 Å². The zero-order valence-electron chi connectivity index (χ0n) is 5.47. The molecule has 0 aliphatic rings. The summed E-state index contributed by atoms with van der Waals surface area (Å²) in [6.07, 6.45) is -1.82. The van der Waals surface area contributed by atoms with Gasteiger partial charge in [0.2, 0.25) is 0 Å². The molecule has 0 atom stereocenters. The first-order chi connectivity index (χ1) is 4.61. The van der Waals surface area contributed by atoms with E-state index in [-0.39, 0.29) is 6.15 Å². The average molecular weight is 165 g/mol. The zero-order valence-corrected chi connectivity index (χ0v) is 5.47. The molecule has 0 aliphatic heterocycles. The van der Waals surface area contributed by atoms with Gasteiger partial charge in [0, 0.05) is 12.4 Å². The van der Waals surface area contributed by atoms with Crippen molar-refractivity contribution in [3.8, 4) is 0 Å². The maximum Gasteiger partial charge on any atom is 0.419 e. The molecule has 6 heteroatoms. The number of hydrogen-bond acceptors (Lipinski definition) is 3. The molecule has 0 bridgehead atoms. The molecule has 0 aromatic carbocycles. The Labute approximate surface area is 60.9 Å². The van der Waals surface area contributed by atoms with Gasteiger partial charge < -0.3 is 6.15 Å². The van der Waals surface area contributed by atoms with E-state index < -0.39 is 11.7 Å². The van der Waals surface area contributed by atoms with Crippen molar-refractivity contribution >= 4 is 0 Å². The van der Waals surface area contributed by atoms with E-state index in [1.807, 2.05) is 0 Å². The van der Waals surface area contributed by atoms with Gasteiger partial charge in [-0.1, -0.05) is 0 Å². The van der Waals surface area contributed by atoms with Crippen LogP contribution in [0.2, 0.25) is 0 Å². The second kappa shape index (κ2) is 3.29. The first-order valence-corrected chi connectivity index (χ1v) is 2.43. The molecule has 0 fully saturated rings. The first-order valence-electron chi connectivity index (χ1n) is 2.43. The van der Waals surface area contributed by atoms with Crippen molar-refractivity contribution in [3.05, 3.63) is 24.3 Å². The highest BCUT2D eigenvalue weighted by Crippen LogP contribution is 2.27. The van der Waals surface area contributed by atoms with Crippen LogP contribution in [0, 0.1) is 0 Å². The van der Waals surface area contributed by atoms with Crippen molar-refractivity contribution in [3.63, 3.8) is 0 Å². The quantitative estimate of drug-likeness (QED) is 0.635. The molecule has 0 unspecified atom stereocenters. The van der Waals surface area contributed by atoms with Gasteiger partial charge in [0.05, 0.1) is 5.56 Å². The van der Waals surface area contributed by atoms with Crippen molar-refractivity contribution in [1.82, 2.24) is 16.1 Å². The van der Waals surface area contributed by atoms with Crippen LogP contribution in [0.5, 0.6) is 0 Å². The van der Waals surface area contributed by atoms with E-state index in [4.69, 9.17) is 0 Å². The molecule has 3 N–H and O–H groups in total. The summed E-state index contributed by atoms with van der Waals surface area (Å²) in [5.41, 5.74) is -0.824. The lowest BCUT2D eigenvalue weighted by molar-refractivity contribution is -0.138. The molecule has 0 radical (unpaired) electrons. The van der Waals surface area contributed by atoms with E-state index >= 15 is 0 Å². The lowest BCUT2D eigenvalue weighted by Gasteiger charge is -2.02. The Morgan fingerprint density at radius 1 is 1.09 bits per heavy atom. The Morgan fingerprint density at radius 2 is 1.55 bits per heavy atom. The number of nitrogens with zero attached hydrogens (tertiary/aromatic N) is 2. The first kappa shape index (κ1) is 9.83. The topological polar surface area (TPSA) is 60.8 Å². The molecular weight excluding hydrogens is 159 g/mol. The van der Waals surface area contributed by atoms with Crippen LogP contribution in [0.1, 0.15) is 5.56 Å². The molecule has 1 rings (SSSR count). The third-order valence-electron chi connectivity index (χ3n) is 0.888. The van der Waals surface area contributed by atoms with Gasteiger partial charge in [0.15, 0.2) is 0 Å². The summed E-state index contributed by atoms with van der Waals surface area (Å²) in [5.74, 6) is 0. The molecule has 3 nitrogen and oxygen atoms in total. The highest BCUT2D eigenvalue weighted by Gasteiger charge is 2.30. The summed E-state index contributed by atoms with van der Waals surface area (Å²) in [5, 5.41) is 0. The fourth-order valence-corrected chi connectivity index (χ4v) is 0.445. The van der Waals surface area contributed by atoms with Crippen molar-refractivity contribution in [2.75, 3.05) is 0 Å². The number of hydrogen-bond donors (Lipinski definition) is 1. The molecule has 0 spiro atoms. The zero-order chi connectivity index (χ0) is 7.61. The predicted molar refractivity (Wildman–Crippen MR) is 32.1 cm³/mol. The summed E-state index contributed by atoms with van der Waals surface area (Å²) in [6.45, 7) is 0. The second-order valence-electron chi connectivity index (χ2n) is 1.62. The van der Waals surface area contributed by atoms with Gasteiger partial charge in [-0.05, 0) is 0 Å². The molecule has 1 heterocycles. The molecule has 0 saturated heterocycles. The summed E-state index contributed by atoms with van der Waals surface area (Å²) in [7, 11) is 0. The Kier molecular flexibility index (Phi) is 2.94. The summed E-state index contributed by atoms with van der Waals surface area (Å²) >= 11 is 0. The molecular formula is C5H6F3N3. The minimum Gasteiger partial charge on any atom is -0.344 e. The van der Waals surface area contributed by atoms with Crippen LogP contribution in [-0.2, 0) is 6.18 Å². The second-order valence-corrected chi connectivity index (χ2v) is 1.62. The fourth-order valence-electron chi connectivity index (χ4n) is 0.445. The van der Waals surface area contributed by atoms with Crippen molar-refractivity contribution in [2.24, 2.45) is 0 Å². The van der Waals surface area contributed by atoms with Crippen LogP contribution in [0.15, 0.2) is 18.7 Å². The lowest BCUT2D eigenvalue weighted by atomic mass is 10.3. The number of aromatic nitrogens is 2. The third-order valence-corrected chi connectivity index (χ3v) is 0.888. The molecule has 11 heavy (non-hydrogen) atoms. The Bertz CT molecular complexity index is 208. The number of rotatable bonds is 0. The molecule has 1 aromatic rings. The van der Waals surface area contributed by atoms with Gasteiger partial charge in [-0.2, -0.15) is 13.2 Å². The van der Waals surface area contributed by atoms with Gasteiger partial charge in [0.1, 0.15) is 6.33 Å². The highest BCUT2D eigenvalue weighted by atomic mass is 19.4. The van der Waals surface area contributed by atoms with Gasteiger partial charge in [-0.15, -0.1) is 0 Å². The van der Waals surface area contributed by atoms with Crippen molar-refractivity contribution in [1.29, 1.82) is 0 Å². The van der Waals surface area contributed by atoms with Crippen LogP contribution in [-0.4, -0.2) is 9.97 Å². The van der Waals surface area contributed by atoms with E-state index in [0.29, 0.717) is 0 Å². The van der Waals surface area contributed by atoms with Crippen LogP contribution in [0.25, 0.3) is 0 Å². The summed E-state index contributed by atoms with van der Waals surface area (Å²) in [4.78, 5) is 6.44. The normalized spacial score (nSPS) is 10.5. The van der Waals surface area contributed by atoms with E-state index in [1.54, 1.807) is 0 Å². The SMILES string of the molecule is FC(F)(F)c1cncnc1.N. The lowest BCUT2D eigenvalue weighted by Crippen LogP contribution is -2.05.